The predicted molar refractivity (Wildman–Crippen MR) is 400 cm³/mol. The molecule has 0 spiro atoms. The van der Waals surface area contributed by atoms with Crippen molar-refractivity contribution in [3.05, 3.63) is 179 Å². The standard InChI is InChI=1S/C82H112N2O21S/c1-64(85)39-40-68(65(2)86)61-75(88)62-69(80(92)105-81(3,4)5)41-42-78(90)83-43-25-8-6-7-24-37-74(87)63-70(59-66-27-14-9-15-28-66)79(91)84-76(60-67-29-16-10-17-30-67)77(89)38-26-44-93-45-47-95-97-49-51-99-101-53-55-103-104-56-54-102-100-52-50-98-96-48-46-94-57-58-106-82(71-31-18-11-19-32-71,72-33-20-12-21-34-72)73-35-22-13-23-36-73/h9-23,27-36,68-70,76H,6-8,24-26,37-63H2,1-5H3,(H,83,90)(H,84,91)/t68-,69-,70-,76+/m1/s1. The van der Waals surface area contributed by atoms with Gasteiger partial charge in [0, 0.05) is 75.7 Å². The second kappa shape index (κ2) is 54.3. The van der Waals surface area contributed by atoms with Crippen LogP contribution in [0.25, 0.3) is 0 Å². The van der Waals surface area contributed by atoms with E-state index in [0.29, 0.717) is 51.9 Å². The summed E-state index contributed by atoms with van der Waals surface area (Å²) in [5, 5.41) is 5.92. The van der Waals surface area contributed by atoms with Crippen LogP contribution < -0.4 is 10.6 Å². The number of Topliss-reactive ketones (excluding diaryl/α,β-unsaturated/α-hetero) is 5. The third-order valence-electron chi connectivity index (χ3n) is 16.8. The highest BCUT2D eigenvalue weighted by molar-refractivity contribution is 8.00. The fourth-order valence-electron chi connectivity index (χ4n) is 11.5. The maximum Gasteiger partial charge on any atom is 0.309 e. The topological polar surface area (TPSA) is 281 Å². The first-order valence-corrected chi connectivity index (χ1v) is 38.0. The van der Waals surface area contributed by atoms with Crippen molar-refractivity contribution in [3.8, 4) is 0 Å². The van der Waals surface area contributed by atoms with Crippen LogP contribution in [0.2, 0.25) is 0 Å². The fraction of sp³-hybridized carbons (Fsp3) is 0.537. The number of carbonyl (C=O) groups excluding carboxylic acids is 8. The van der Waals surface area contributed by atoms with Crippen molar-refractivity contribution in [1.29, 1.82) is 0 Å². The molecule has 582 valence electrons. The largest absolute Gasteiger partial charge is 0.460 e. The Morgan fingerprint density at radius 1 is 0.406 bits per heavy atom. The number of carbonyl (C=O) groups is 8. The number of unbranched alkanes of at least 4 members (excludes halogenated alkanes) is 4. The molecule has 0 fully saturated rings. The molecule has 5 aromatic carbocycles. The normalized spacial score (nSPS) is 12.8. The second-order valence-electron chi connectivity index (χ2n) is 26.7. The Hall–Kier alpha value is -7.27. The van der Waals surface area contributed by atoms with Gasteiger partial charge in [-0.25, -0.2) is 48.9 Å². The molecule has 4 atom stereocenters. The van der Waals surface area contributed by atoms with Gasteiger partial charge in [-0.15, -0.1) is 11.8 Å². The Kier molecular flexibility index (Phi) is 45.8. The highest BCUT2D eigenvalue weighted by Crippen LogP contribution is 2.48. The van der Waals surface area contributed by atoms with Gasteiger partial charge in [-0.1, -0.05) is 171 Å². The molecule has 106 heavy (non-hydrogen) atoms. The fourth-order valence-corrected chi connectivity index (χ4v) is 12.9. The summed E-state index contributed by atoms with van der Waals surface area (Å²) in [4.78, 5) is 155. The molecule has 0 aliphatic rings. The SMILES string of the molecule is CC(=O)CC[C@H](CC(=O)C[C@@H](CCC(=O)NCCCCCCCC(=O)C[C@@H](Cc1ccccc1)C(=O)N[C@@H](Cc1ccccc1)C(=O)CCCOCCOOCCOOCCOOCCOOCCOOCCOCCSC(c1ccccc1)(c1ccccc1)c1ccccc1)C(=O)OC(C)(C)C)C(C)=O. The minimum Gasteiger partial charge on any atom is -0.460 e. The molecule has 0 bridgehead atoms. The molecule has 2 N–H and O–H groups in total. The van der Waals surface area contributed by atoms with E-state index in [9.17, 15) is 38.4 Å². The van der Waals surface area contributed by atoms with Crippen LogP contribution in [0, 0.1) is 17.8 Å². The molecule has 0 aliphatic heterocycles. The summed E-state index contributed by atoms with van der Waals surface area (Å²) in [6.45, 7) is 11.0. The highest BCUT2D eigenvalue weighted by Gasteiger charge is 2.37. The molecule has 5 aromatic rings. The van der Waals surface area contributed by atoms with Crippen molar-refractivity contribution in [2.24, 2.45) is 17.8 Å². The van der Waals surface area contributed by atoms with E-state index in [1.165, 1.54) is 30.5 Å². The van der Waals surface area contributed by atoms with Gasteiger partial charge in [0.15, 0.2) is 5.78 Å². The molecule has 0 unspecified atom stereocenters. The van der Waals surface area contributed by atoms with Gasteiger partial charge in [0.2, 0.25) is 11.8 Å². The summed E-state index contributed by atoms with van der Waals surface area (Å²) in [6, 6.07) is 49.8. The zero-order chi connectivity index (χ0) is 76.1. The van der Waals surface area contributed by atoms with Gasteiger partial charge in [-0.05, 0) is 107 Å². The molecule has 0 saturated heterocycles. The second-order valence-corrected chi connectivity index (χ2v) is 28.0. The van der Waals surface area contributed by atoms with E-state index >= 15 is 0 Å². The van der Waals surface area contributed by atoms with E-state index in [-0.39, 0.29) is 178 Å². The average molecular weight is 1490 g/mol. The van der Waals surface area contributed by atoms with Crippen LogP contribution in [-0.4, -0.2) is 163 Å². The first-order valence-electron chi connectivity index (χ1n) is 37.0. The molecule has 0 aromatic heterocycles. The van der Waals surface area contributed by atoms with Crippen LogP contribution in [0.5, 0.6) is 0 Å². The van der Waals surface area contributed by atoms with Crippen molar-refractivity contribution >= 4 is 58.5 Å². The lowest BCUT2D eigenvalue weighted by atomic mass is 9.84. The van der Waals surface area contributed by atoms with Gasteiger partial charge in [0.05, 0.1) is 36.5 Å². The van der Waals surface area contributed by atoms with Gasteiger partial charge in [-0.3, -0.25) is 33.6 Å². The monoisotopic (exact) mass is 1490 g/mol. The van der Waals surface area contributed by atoms with Crippen molar-refractivity contribution in [2.75, 3.05) is 105 Å². The molecular formula is C82H112N2O21S. The molecule has 0 radical (unpaired) electrons. The summed E-state index contributed by atoms with van der Waals surface area (Å²) in [6.07, 6.45) is 5.49. The Balaban J connectivity index is 0.853. The third kappa shape index (κ3) is 39.0. The maximum absolute atomic E-state index is 14.2. The zero-order valence-corrected chi connectivity index (χ0v) is 63.4. The number of hydrogen-bond acceptors (Lipinski definition) is 22. The Morgan fingerprint density at radius 2 is 0.821 bits per heavy atom. The smallest absolute Gasteiger partial charge is 0.309 e. The highest BCUT2D eigenvalue weighted by atomic mass is 32.2. The van der Waals surface area contributed by atoms with Gasteiger partial charge in [0.25, 0.3) is 0 Å². The van der Waals surface area contributed by atoms with Crippen LogP contribution in [0.15, 0.2) is 152 Å². The van der Waals surface area contributed by atoms with Crippen molar-refractivity contribution in [3.63, 3.8) is 0 Å². The summed E-state index contributed by atoms with van der Waals surface area (Å²) in [5.41, 5.74) is 4.58. The van der Waals surface area contributed by atoms with Crippen molar-refractivity contribution in [2.45, 2.75) is 160 Å². The molecule has 23 nitrogen and oxygen atoms in total. The zero-order valence-electron chi connectivity index (χ0n) is 62.6. The summed E-state index contributed by atoms with van der Waals surface area (Å²) < 4.78 is 16.8. The van der Waals surface area contributed by atoms with Crippen LogP contribution >= 0.6 is 11.8 Å². The van der Waals surface area contributed by atoms with Crippen LogP contribution in [0.1, 0.15) is 159 Å². The number of amides is 2. The molecule has 0 heterocycles. The van der Waals surface area contributed by atoms with Crippen molar-refractivity contribution < 1.29 is 101 Å². The van der Waals surface area contributed by atoms with E-state index in [1.807, 2.05) is 90.6 Å². The van der Waals surface area contributed by atoms with Crippen molar-refractivity contribution in [1.82, 2.24) is 10.6 Å². The predicted octanol–water partition coefficient (Wildman–Crippen LogP) is 12.5. The van der Waals surface area contributed by atoms with Crippen LogP contribution in [0.4, 0.5) is 0 Å². The summed E-state index contributed by atoms with van der Waals surface area (Å²) in [7, 11) is 0. The molecule has 0 aliphatic carbocycles. The lowest BCUT2D eigenvalue weighted by Crippen LogP contribution is -2.46. The lowest BCUT2D eigenvalue weighted by molar-refractivity contribution is -0.372. The molecule has 24 heteroatoms. The number of thioether (sulfide) groups is 1. The number of esters is 1. The number of ether oxygens (including phenoxy) is 3. The first kappa shape index (κ1) is 89.4. The Labute approximate surface area is 629 Å². The van der Waals surface area contributed by atoms with E-state index in [2.05, 4.69) is 83.4 Å². The summed E-state index contributed by atoms with van der Waals surface area (Å²) >= 11 is 1.84. The van der Waals surface area contributed by atoms with Gasteiger partial charge < -0.3 is 29.6 Å². The van der Waals surface area contributed by atoms with Crippen LogP contribution in [0.3, 0.4) is 0 Å². The van der Waals surface area contributed by atoms with E-state index in [0.717, 1.165) is 36.1 Å². The van der Waals surface area contributed by atoms with Gasteiger partial charge in [-0.2, -0.15) is 0 Å². The Morgan fingerprint density at radius 3 is 1.29 bits per heavy atom. The number of rotatable bonds is 63. The molecule has 0 saturated carbocycles. The molecule has 2 amide bonds. The van der Waals surface area contributed by atoms with Gasteiger partial charge in [0.1, 0.15) is 94.8 Å². The number of ketones is 5. The molecule has 5 rings (SSSR count). The summed E-state index contributed by atoms with van der Waals surface area (Å²) in [5.74, 6) is -3.40. The maximum atomic E-state index is 14.2. The lowest BCUT2D eigenvalue weighted by Gasteiger charge is -2.35. The minimum atomic E-state index is -0.863. The first-order chi connectivity index (χ1) is 51.4. The number of hydrogen-bond donors (Lipinski definition) is 2. The number of nitrogens with one attached hydrogen (secondary N) is 2. The molecular weight excluding hydrogens is 1380 g/mol. The Bertz CT molecular complexity index is 3140. The number of benzene rings is 5. The third-order valence-corrected chi connectivity index (χ3v) is 18.3. The van der Waals surface area contributed by atoms with E-state index in [4.69, 9.17) is 63.1 Å². The van der Waals surface area contributed by atoms with Gasteiger partial charge >= 0.3 is 5.97 Å². The average Bonchev–Trinajstić information content (AvgIpc) is 0.759. The quantitative estimate of drug-likeness (QED) is 0.0120. The van der Waals surface area contributed by atoms with Crippen LogP contribution in [-0.2, 0) is 119 Å². The van der Waals surface area contributed by atoms with E-state index in [1.54, 1.807) is 20.8 Å². The van der Waals surface area contributed by atoms with E-state index < -0.39 is 40.1 Å². The minimum absolute atomic E-state index is 0.00521.